The number of halogens is 1. The Morgan fingerprint density at radius 2 is 1.71 bits per heavy atom. The Bertz CT molecular complexity index is 610. The van der Waals surface area contributed by atoms with Crippen LogP contribution in [0.3, 0.4) is 0 Å². The van der Waals surface area contributed by atoms with Gasteiger partial charge in [0.2, 0.25) is 0 Å². The van der Waals surface area contributed by atoms with Crippen LogP contribution in [0.25, 0.3) is 0 Å². The molecule has 2 aliphatic rings. The number of carbonyl (C=O) groups is 1. The predicted octanol–water partition coefficient (Wildman–Crippen LogP) is 6.04. The predicted molar refractivity (Wildman–Crippen MR) is 107 cm³/mol. The number of rotatable bonds is 4. The number of hydrogen-bond donors (Lipinski definition) is 1. The fourth-order valence-corrected chi connectivity index (χ4v) is 11.0. The molecule has 24 heavy (non-hydrogen) atoms. The van der Waals surface area contributed by atoms with E-state index in [0.29, 0.717) is 5.91 Å². The maximum atomic E-state index is 13.5. The van der Waals surface area contributed by atoms with Gasteiger partial charge >= 0.3 is 0 Å². The Morgan fingerprint density at radius 3 is 2.17 bits per heavy atom. The summed E-state index contributed by atoms with van der Waals surface area (Å²) in [6.07, 6.45) is 11.3. The third-order valence-electron chi connectivity index (χ3n) is 6.52. The smallest absolute Gasteiger partial charge is 0.268 e. The van der Waals surface area contributed by atoms with Gasteiger partial charge in [-0.2, -0.15) is 0 Å². The SMILES string of the molecule is CC[P+]1(C2(C(=O)Nc3c(C)cc(Cl)cc3C)CCC2)CCCCC1. The fraction of sp³-hybridized carbons (Fsp3) is 0.650. The first kappa shape index (κ1) is 18.2. The summed E-state index contributed by atoms with van der Waals surface area (Å²) in [5.74, 6) is 0.305. The second kappa shape index (κ2) is 6.96. The van der Waals surface area contributed by atoms with E-state index in [1.54, 1.807) is 0 Å². The summed E-state index contributed by atoms with van der Waals surface area (Å²) in [6, 6.07) is 3.89. The second-order valence-corrected chi connectivity index (χ2v) is 12.8. The highest BCUT2D eigenvalue weighted by atomic mass is 35.5. The molecule has 2 fully saturated rings. The van der Waals surface area contributed by atoms with Gasteiger partial charge in [-0.15, -0.1) is 0 Å². The summed E-state index contributed by atoms with van der Waals surface area (Å²) in [6.45, 7) is 6.41. The summed E-state index contributed by atoms with van der Waals surface area (Å²) < 4.78 is 0. The molecular weight excluding hydrogens is 337 g/mol. The topological polar surface area (TPSA) is 29.1 Å². The zero-order valence-electron chi connectivity index (χ0n) is 15.3. The number of carbonyl (C=O) groups excluding carboxylic acids is 1. The molecule has 1 amide bonds. The lowest BCUT2D eigenvalue weighted by Gasteiger charge is -2.50. The van der Waals surface area contributed by atoms with Crippen LogP contribution < -0.4 is 5.32 Å². The van der Waals surface area contributed by atoms with Gasteiger partial charge in [0, 0.05) is 18.0 Å². The fourth-order valence-electron chi connectivity index (χ4n) is 4.93. The molecule has 1 aliphatic carbocycles. The van der Waals surface area contributed by atoms with Gasteiger partial charge in [-0.05, 0) is 82.6 Å². The van der Waals surface area contributed by atoms with Gasteiger partial charge in [-0.25, -0.2) is 0 Å². The van der Waals surface area contributed by atoms with Gasteiger partial charge in [-0.1, -0.05) is 11.6 Å². The summed E-state index contributed by atoms with van der Waals surface area (Å²) >= 11 is 6.15. The molecule has 1 heterocycles. The number of benzene rings is 1. The number of aryl methyl sites for hydroxylation is 2. The van der Waals surface area contributed by atoms with Crippen LogP contribution in [0, 0.1) is 13.8 Å². The minimum absolute atomic E-state index is 0.0410. The summed E-state index contributed by atoms with van der Waals surface area (Å²) in [4.78, 5) is 13.5. The summed E-state index contributed by atoms with van der Waals surface area (Å²) in [5, 5.41) is 4.04. The number of nitrogens with one attached hydrogen (secondary N) is 1. The molecular formula is C20H30ClNOP+. The highest BCUT2D eigenvalue weighted by Crippen LogP contribution is 2.76. The minimum Gasteiger partial charge on any atom is -0.322 e. The van der Waals surface area contributed by atoms with Crippen LogP contribution in [0.2, 0.25) is 5.02 Å². The van der Waals surface area contributed by atoms with Crippen molar-refractivity contribution in [3.63, 3.8) is 0 Å². The first-order valence-electron chi connectivity index (χ1n) is 9.38. The van der Waals surface area contributed by atoms with E-state index in [0.717, 1.165) is 34.7 Å². The van der Waals surface area contributed by atoms with E-state index in [-0.39, 0.29) is 5.16 Å². The lowest BCUT2D eigenvalue weighted by molar-refractivity contribution is -0.120. The van der Waals surface area contributed by atoms with Crippen LogP contribution in [-0.2, 0) is 4.79 Å². The first-order valence-corrected chi connectivity index (χ1v) is 12.1. The maximum absolute atomic E-state index is 13.5. The standard InChI is InChI=1S/C20H29ClNOP/c1-4-24(11-6-5-7-12-24)20(9-8-10-20)19(23)22-18-15(2)13-17(21)14-16(18)3/h13-14H,4-12H2,1-3H3/p+1. The van der Waals surface area contributed by atoms with E-state index in [1.165, 1.54) is 44.2 Å². The molecule has 1 aromatic carbocycles. The van der Waals surface area contributed by atoms with E-state index in [4.69, 9.17) is 11.6 Å². The zero-order valence-corrected chi connectivity index (χ0v) is 16.9. The van der Waals surface area contributed by atoms with Gasteiger partial charge in [0.25, 0.3) is 5.91 Å². The molecule has 4 heteroatoms. The van der Waals surface area contributed by atoms with Crippen molar-refractivity contribution >= 4 is 30.5 Å². The molecule has 1 aromatic rings. The average Bonchev–Trinajstić information content (AvgIpc) is 2.50. The Morgan fingerprint density at radius 1 is 1.12 bits per heavy atom. The van der Waals surface area contributed by atoms with Crippen molar-refractivity contribution in [2.24, 2.45) is 0 Å². The highest BCUT2D eigenvalue weighted by molar-refractivity contribution is 7.78. The molecule has 1 saturated heterocycles. The lowest BCUT2D eigenvalue weighted by Crippen LogP contribution is -2.52. The van der Waals surface area contributed by atoms with Crippen molar-refractivity contribution in [1.29, 1.82) is 0 Å². The third-order valence-corrected chi connectivity index (χ3v) is 12.8. The summed E-state index contributed by atoms with van der Waals surface area (Å²) in [7, 11) is -1.18. The van der Waals surface area contributed by atoms with E-state index in [9.17, 15) is 4.79 Å². The number of anilines is 1. The van der Waals surface area contributed by atoms with Crippen LogP contribution in [-0.4, -0.2) is 29.5 Å². The summed E-state index contributed by atoms with van der Waals surface area (Å²) in [5.41, 5.74) is 3.10. The molecule has 3 rings (SSSR count). The number of hydrogen-bond acceptors (Lipinski definition) is 1. The second-order valence-electron chi connectivity index (χ2n) is 7.72. The molecule has 1 N–H and O–H groups in total. The van der Waals surface area contributed by atoms with E-state index >= 15 is 0 Å². The normalized spacial score (nSPS) is 21.8. The Balaban J connectivity index is 1.90. The van der Waals surface area contributed by atoms with Crippen LogP contribution in [0.5, 0.6) is 0 Å². The van der Waals surface area contributed by atoms with Crippen LogP contribution in [0.1, 0.15) is 56.6 Å². The molecule has 0 atom stereocenters. The molecule has 0 radical (unpaired) electrons. The molecule has 132 valence electrons. The van der Waals surface area contributed by atoms with Crippen molar-refractivity contribution in [3.05, 3.63) is 28.3 Å². The third kappa shape index (κ3) is 2.90. The van der Waals surface area contributed by atoms with Crippen molar-refractivity contribution in [2.45, 2.75) is 64.5 Å². The molecule has 0 bridgehead atoms. The Hall–Kier alpha value is -0.590. The molecule has 2 nitrogen and oxygen atoms in total. The van der Waals surface area contributed by atoms with Gasteiger partial charge < -0.3 is 5.32 Å². The van der Waals surface area contributed by atoms with Gasteiger partial charge in [0.05, 0.1) is 18.5 Å². The van der Waals surface area contributed by atoms with Crippen molar-refractivity contribution in [2.75, 3.05) is 23.8 Å². The molecule has 1 saturated carbocycles. The van der Waals surface area contributed by atoms with E-state index in [1.807, 2.05) is 26.0 Å². The van der Waals surface area contributed by atoms with Gasteiger partial charge in [-0.3, -0.25) is 4.79 Å². The molecule has 0 aromatic heterocycles. The van der Waals surface area contributed by atoms with Crippen molar-refractivity contribution < 1.29 is 4.79 Å². The van der Waals surface area contributed by atoms with E-state index in [2.05, 4.69) is 12.2 Å². The molecule has 1 aliphatic heterocycles. The molecule has 0 unspecified atom stereocenters. The van der Waals surface area contributed by atoms with E-state index < -0.39 is 7.26 Å². The average molecular weight is 367 g/mol. The Labute approximate surface area is 152 Å². The highest BCUT2D eigenvalue weighted by Gasteiger charge is 2.64. The Kier molecular flexibility index (Phi) is 5.28. The minimum atomic E-state index is -1.18. The number of amides is 1. The zero-order chi connectivity index (χ0) is 17.4. The lowest BCUT2D eigenvalue weighted by atomic mass is 9.83. The van der Waals surface area contributed by atoms with Gasteiger partial charge in [0.1, 0.15) is 0 Å². The quantitative estimate of drug-likeness (QED) is 0.646. The van der Waals surface area contributed by atoms with Gasteiger partial charge in [0.15, 0.2) is 5.16 Å². The van der Waals surface area contributed by atoms with Crippen molar-refractivity contribution in [1.82, 2.24) is 0 Å². The largest absolute Gasteiger partial charge is 0.322 e. The van der Waals surface area contributed by atoms with Crippen molar-refractivity contribution in [3.8, 4) is 0 Å². The molecule has 0 spiro atoms. The monoisotopic (exact) mass is 366 g/mol. The first-order chi connectivity index (χ1) is 11.4. The maximum Gasteiger partial charge on any atom is 0.268 e. The van der Waals surface area contributed by atoms with Crippen LogP contribution in [0.15, 0.2) is 12.1 Å². The van der Waals surface area contributed by atoms with Crippen LogP contribution in [0.4, 0.5) is 5.69 Å². The van der Waals surface area contributed by atoms with Crippen LogP contribution >= 0.6 is 18.9 Å².